The predicted molar refractivity (Wildman–Crippen MR) is 75.9 cm³/mol. The van der Waals surface area contributed by atoms with Crippen LogP contribution in [0.15, 0.2) is 12.1 Å². The Labute approximate surface area is 122 Å². The number of halogens is 2. The van der Waals surface area contributed by atoms with Crippen molar-refractivity contribution in [3.63, 3.8) is 0 Å². The van der Waals surface area contributed by atoms with Crippen LogP contribution >= 0.6 is 30.8 Å². The molecule has 0 saturated carbocycles. The van der Waals surface area contributed by atoms with Gasteiger partial charge in [-0.05, 0) is 26.0 Å². The van der Waals surface area contributed by atoms with Gasteiger partial charge in [0.25, 0.3) is 0 Å². The third kappa shape index (κ3) is 3.85. The number of hydrogen-bond acceptors (Lipinski definition) is 5. The van der Waals surface area contributed by atoms with Gasteiger partial charge >= 0.3 is 7.60 Å². The molecule has 1 aromatic rings. The van der Waals surface area contributed by atoms with Crippen LogP contribution < -0.4 is 5.73 Å². The second-order valence-corrected chi connectivity index (χ2v) is 6.64. The van der Waals surface area contributed by atoms with Crippen molar-refractivity contribution in [2.75, 3.05) is 13.2 Å². The molecule has 19 heavy (non-hydrogen) atoms. The number of aromatic hydroxyl groups is 1. The third-order valence-corrected chi connectivity index (χ3v) is 5.03. The quantitative estimate of drug-likeness (QED) is 0.774. The number of rotatable bonds is 6. The molecule has 0 spiro atoms. The normalized spacial score (nSPS) is 13.5. The van der Waals surface area contributed by atoms with E-state index in [4.69, 9.17) is 38.0 Å². The molecule has 0 unspecified atom stereocenters. The van der Waals surface area contributed by atoms with Gasteiger partial charge in [0, 0.05) is 10.6 Å². The summed E-state index contributed by atoms with van der Waals surface area (Å²) in [6.07, 6.45) is 0. The average molecular weight is 328 g/mol. The van der Waals surface area contributed by atoms with E-state index in [1.54, 1.807) is 13.8 Å². The zero-order chi connectivity index (χ0) is 14.6. The molecule has 0 aliphatic heterocycles. The first-order chi connectivity index (χ1) is 8.85. The van der Waals surface area contributed by atoms with Crippen molar-refractivity contribution >= 4 is 30.8 Å². The van der Waals surface area contributed by atoms with Crippen LogP contribution in [-0.4, -0.2) is 18.3 Å². The molecule has 5 nitrogen and oxygen atoms in total. The lowest BCUT2D eigenvalue weighted by Crippen LogP contribution is -2.15. The van der Waals surface area contributed by atoms with Crippen LogP contribution in [0.1, 0.15) is 25.2 Å². The van der Waals surface area contributed by atoms with Crippen LogP contribution in [0, 0.1) is 0 Å². The minimum atomic E-state index is -3.61. The average Bonchev–Trinajstić information content (AvgIpc) is 2.27. The molecule has 0 fully saturated rings. The van der Waals surface area contributed by atoms with E-state index in [0.717, 1.165) is 0 Å². The molecule has 0 amide bonds. The summed E-state index contributed by atoms with van der Waals surface area (Å²) >= 11 is 11.7. The van der Waals surface area contributed by atoms with E-state index in [2.05, 4.69) is 0 Å². The molecule has 1 aromatic carbocycles. The van der Waals surface area contributed by atoms with Gasteiger partial charge < -0.3 is 19.9 Å². The molecule has 0 saturated heterocycles. The Morgan fingerprint density at radius 1 is 1.32 bits per heavy atom. The van der Waals surface area contributed by atoms with Crippen LogP contribution in [0.3, 0.4) is 0 Å². The van der Waals surface area contributed by atoms with Gasteiger partial charge in [-0.25, -0.2) is 0 Å². The molecular weight excluding hydrogens is 312 g/mol. The largest absolute Gasteiger partial charge is 0.507 e. The maximum Gasteiger partial charge on any atom is 0.351 e. The van der Waals surface area contributed by atoms with Crippen LogP contribution in [0.4, 0.5) is 0 Å². The van der Waals surface area contributed by atoms with Crippen molar-refractivity contribution in [1.82, 2.24) is 0 Å². The van der Waals surface area contributed by atoms with Crippen molar-refractivity contribution in [3.8, 4) is 5.75 Å². The van der Waals surface area contributed by atoms with Crippen molar-refractivity contribution < 1.29 is 18.7 Å². The first-order valence-corrected chi connectivity index (χ1v) is 8.04. The summed E-state index contributed by atoms with van der Waals surface area (Å²) < 4.78 is 22.8. The van der Waals surface area contributed by atoms with Crippen LogP contribution in [0.25, 0.3) is 0 Å². The van der Waals surface area contributed by atoms with Crippen molar-refractivity contribution in [2.45, 2.75) is 19.6 Å². The fourth-order valence-electron chi connectivity index (χ4n) is 1.58. The highest BCUT2D eigenvalue weighted by molar-refractivity contribution is 7.54. The summed E-state index contributed by atoms with van der Waals surface area (Å²) in [5.41, 5.74) is 5.99. The Balaban J connectivity index is 3.24. The van der Waals surface area contributed by atoms with Gasteiger partial charge in [-0.15, -0.1) is 0 Å². The number of hydrogen-bond donors (Lipinski definition) is 2. The van der Waals surface area contributed by atoms with Gasteiger partial charge in [-0.2, -0.15) is 0 Å². The second kappa shape index (κ2) is 6.93. The van der Waals surface area contributed by atoms with E-state index in [1.807, 2.05) is 0 Å². The Bertz CT molecular complexity index is 465. The Hall–Kier alpha value is -0.290. The van der Waals surface area contributed by atoms with Gasteiger partial charge in [0.15, 0.2) is 0 Å². The molecule has 108 valence electrons. The maximum absolute atomic E-state index is 12.5. The Morgan fingerprint density at radius 3 is 2.26 bits per heavy atom. The molecule has 3 N–H and O–H groups in total. The van der Waals surface area contributed by atoms with Gasteiger partial charge in [0.2, 0.25) is 0 Å². The molecule has 0 bridgehead atoms. The summed E-state index contributed by atoms with van der Waals surface area (Å²) in [4.78, 5) is 0. The molecule has 0 aliphatic rings. The van der Waals surface area contributed by atoms with E-state index < -0.39 is 13.4 Å². The molecule has 1 atom stereocenters. The van der Waals surface area contributed by atoms with E-state index in [-0.39, 0.29) is 34.6 Å². The number of phenolic OH excluding ortho intramolecular Hbond substituents is 1. The van der Waals surface area contributed by atoms with E-state index >= 15 is 0 Å². The lowest BCUT2D eigenvalue weighted by atomic mass is 10.2. The first-order valence-electron chi connectivity index (χ1n) is 5.68. The Kier molecular flexibility index (Phi) is 6.12. The predicted octanol–water partition coefficient (Wildman–Crippen LogP) is 3.92. The maximum atomic E-state index is 12.5. The summed E-state index contributed by atoms with van der Waals surface area (Å²) in [6.45, 7) is 3.66. The highest BCUT2D eigenvalue weighted by Crippen LogP contribution is 2.60. The van der Waals surface area contributed by atoms with Gasteiger partial charge in [-0.1, -0.05) is 23.2 Å². The molecule has 8 heteroatoms. The zero-order valence-electron chi connectivity index (χ0n) is 10.6. The lowest BCUT2D eigenvalue weighted by molar-refractivity contribution is 0.212. The number of benzene rings is 1. The van der Waals surface area contributed by atoms with Crippen molar-refractivity contribution in [3.05, 3.63) is 27.7 Å². The fourth-order valence-corrected chi connectivity index (χ4v) is 3.96. The first kappa shape index (κ1) is 16.8. The van der Waals surface area contributed by atoms with Crippen LogP contribution in [0.2, 0.25) is 10.0 Å². The summed E-state index contributed by atoms with van der Waals surface area (Å²) in [5, 5.41) is 10.2. The van der Waals surface area contributed by atoms with Crippen molar-refractivity contribution in [1.29, 1.82) is 0 Å². The third-order valence-electron chi connectivity index (χ3n) is 2.33. The zero-order valence-corrected chi connectivity index (χ0v) is 13.0. The lowest BCUT2D eigenvalue weighted by Gasteiger charge is -2.24. The van der Waals surface area contributed by atoms with Gasteiger partial charge in [0.1, 0.15) is 11.5 Å². The standard InChI is InChI=1S/C11H16Cl2NO4P/c1-3-17-19(16,18-4-2)11(14)10-8(13)5-7(12)6-9(10)15/h5-6,11,15H,3-4,14H2,1-2H3/t11-/m0/s1. The molecule has 0 aliphatic carbocycles. The fraction of sp³-hybridized carbons (Fsp3) is 0.455. The molecule has 0 aromatic heterocycles. The van der Waals surface area contributed by atoms with Gasteiger partial charge in [-0.3, -0.25) is 4.57 Å². The topological polar surface area (TPSA) is 81.8 Å². The number of nitrogens with two attached hydrogens (primary N) is 1. The minimum absolute atomic E-state index is 0.0938. The number of phenols is 1. The highest BCUT2D eigenvalue weighted by atomic mass is 35.5. The summed E-state index contributed by atoms with van der Waals surface area (Å²) in [6, 6.07) is 2.67. The van der Waals surface area contributed by atoms with Crippen molar-refractivity contribution in [2.24, 2.45) is 5.73 Å². The minimum Gasteiger partial charge on any atom is -0.507 e. The van der Waals surface area contributed by atoms with Crippen LogP contribution in [-0.2, 0) is 13.6 Å². The molecular formula is C11H16Cl2NO4P. The smallest absolute Gasteiger partial charge is 0.351 e. The monoisotopic (exact) mass is 327 g/mol. The van der Waals surface area contributed by atoms with E-state index in [1.165, 1.54) is 12.1 Å². The van der Waals surface area contributed by atoms with E-state index in [9.17, 15) is 9.67 Å². The second-order valence-electron chi connectivity index (χ2n) is 3.64. The van der Waals surface area contributed by atoms with Crippen LogP contribution in [0.5, 0.6) is 5.75 Å². The molecule has 1 rings (SSSR count). The van der Waals surface area contributed by atoms with E-state index in [0.29, 0.717) is 0 Å². The summed E-state index contributed by atoms with van der Waals surface area (Å²) in [7, 11) is -3.61. The summed E-state index contributed by atoms with van der Waals surface area (Å²) in [5.74, 6) is -1.43. The SMILES string of the molecule is CCOP(=O)(OCC)[C@H](N)c1c(O)cc(Cl)cc1Cl. The molecule has 0 radical (unpaired) electrons. The Morgan fingerprint density at radius 2 is 1.84 bits per heavy atom. The molecule has 0 heterocycles. The highest BCUT2D eigenvalue weighted by Gasteiger charge is 2.37. The van der Waals surface area contributed by atoms with Gasteiger partial charge in [0.05, 0.1) is 18.2 Å².